The van der Waals surface area contributed by atoms with Crippen LogP contribution >= 0.6 is 0 Å². The van der Waals surface area contributed by atoms with Crippen molar-refractivity contribution in [3.8, 4) is 0 Å². The van der Waals surface area contributed by atoms with E-state index in [2.05, 4.69) is 15.4 Å². The fraction of sp³-hybridized carbons (Fsp3) is 0.250. The van der Waals surface area contributed by atoms with E-state index >= 15 is 0 Å². The Kier molecular flexibility index (Phi) is 3.76. The van der Waals surface area contributed by atoms with Gasteiger partial charge in [-0.2, -0.15) is 0 Å². The van der Waals surface area contributed by atoms with Gasteiger partial charge in [-0.3, -0.25) is 14.3 Å². The quantitative estimate of drug-likeness (QED) is 0.523. The van der Waals surface area contributed by atoms with Crippen molar-refractivity contribution >= 4 is 5.82 Å². The summed E-state index contributed by atoms with van der Waals surface area (Å²) in [4.78, 5) is 29.5. The molecular formula is C12H15N5O2. The first-order valence-corrected chi connectivity index (χ1v) is 5.88. The largest absolute Gasteiger partial charge is 0.328 e. The summed E-state index contributed by atoms with van der Waals surface area (Å²) >= 11 is 0. The van der Waals surface area contributed by atoms with Gasteiger partial charge in [0.1, 0.15) is 5.82 Å². The van der Waals surface area contributed by atoms with Crippen LogP contribution in [-0.4, -0.2) is 14.5 Å². The highest BCUT2D eigenvalue weighted by molar-refractivity contribution is 5.33. The predicted molar refractivity (Wildman–Crippen MR) is 71.8 cm³/mol. The van der Waals surface area contributed by atoms with E-state index < -0.39 is 5.69 Å². The van der Waals surface area contributed by atoms with Crippen molar-refractivity contribution in [3.05, 3.63) is 56.5 Å². The van der Waals surface area contributed by atoms with Crippen LogP contribution in [0.25, 0.3) is 0 Å². The summed E-state index contributed by atoms with van der Waals surface area (Å²) in [5.74, 6) is 5.77. The van der Waals surface area contributed by atoms with Crippen LogP contribution in [0.4, 0.5) is 5.82 Å². The molecule has 4 N–H and O–H groups in total. The second kappa shape index (κ2) is 5.49. The standard InChI is InChI=1S/C12H15N5O2/c1-2-9-7-17(12(19)15-11(9)18)6-8-3-4-10(16-13)14-5-8/h3-5,7H,2,6,13H2,1H3,(H,14,16)(H,15,18,19). The SMILES string of the molecule is CCc1cn(Cc2ccc(NN)nc2)c(=O)[nH]c1=O. The van der Waals surface area contributed by atoms with Crippen molar-refractivity contribution in [2.24, 2.45) is 5.84 Å². The smallest absolute Gasteiger partial charge is 0.308 e. The summed E-state index contributed by atoms with van der Waals surface area (Å²) in [5, 5.41) is 0. The van der Waals surface area contributed by atoms with Gasteiger partial charge in [0.05, 0.1) is 6.54 Å². The number of H-pyrrole nitrogens is 1. The van der Waals surface area contributed by atoms with E-state index in [1.807, 2.05) is 13.0 Å². The van der Waals surface area contributed by atoms with Gasteiger partial charge in [0.25, 0.3) is 5.56 Å². The summed E-state index contributed by atoms with van der Waals surface area (Å²) in [6.45, 7) is 2.21. The minimum absolute atomic E-state index is 0.329. The Balaban J connectivity index is 2.32. The third-order valence-electron chi connectivity index (χ3n) is 2.79. The fourth-order valence-corrected chi connectivity index (χ4v) is 1.72. The monoisotopic (exact) mass is 261 g/mol. The van der Waals surface area contributed by atoms with Crippen LogP contribution in [0, 0.1) is 0 Å². The summed E-state index contributed by atoms with van der Waals surface area (Å²) < 4.78 is 1.45. The molecule has 0 radical (unpaired) electrons. The number of nitrogens with one attached hydrogen (secondary N) is 2. The number of hydrogen-bond acceptors (Lipinski definition) is 5. The molecule has 0 saturated carbocycles. The highest BCUT2D eigenvalue weighted by Gasteiger charge is 2.04. The first-order chi connectivity index (χ1) is 9.13. The van der Waals surface area contributed by atoms with E-state index in [4.69, 9.17) is 5.84 Å². The van der Waals surface area contributed by atoms with Gasteiger partial charge in [0.15, 0.2) is 0 Å². The van der Waals surface area contributed by atoms with Crippen LogP contribution in [-0.2, 0) is 13.0 Å². The number of hydrazine groups is 1. The van der Waals surface area contributed by atoms with Gasteiger partial charge in [-0.05, 0) is 18.1 Å². The molecule has 2 rings (SSSR count). The molecule has 7 nitrogen and oxygen atoms in total. The number of nitrogen functional groups attached to an aromatic ring is 1. The van der Waals surface area contributed by atoms with E-state index in [1.165, 1.54) is 4.57 Å². The maximum Gasteiger partial charge on any atom is 0.328 e. The molecule has 7 heteroatoms. The van der Waals surface area contributed by atoms with E-state index in [0.29, 0.717) is 24.3 Å². The van der Waals surface area contributed by atoms with E-state index in [9.17, 15) is 9.59 Å². The van der Waals surface area contributed by atoms with Crippen molar-refractivity contribution in [3.63, 3.8) is 0 Å². The maximum absolute atomic E-state index is 11.7. The highest BCUT2D eigenvalue weighted by atomic mass is 16.2. The van der Waals surface area contributed by atoms with Crippen LogP contribution in [0.15, 0.2) is 34.1 Å². The molecule has 0 atom stereocenters. The molecule has 0 spiro atoms. The second-order valence-electron chi connectivity index (χ2n) is 4.09. The molecule has 0 aromatic carbocycles. The lowest BCUT2D eigenvalue weighted by molar-refractivity contribution is 0.706. The average Bonchev–Trinajstić information content (AvgIpc) is 2.42. The number of rotatable bonds is 4. The molecule has 19 heavy (non-hydrogen) atoms. The van der Waals surface area contributed by atoms with Gasteiger partial charge < -0.3 is 5.43 Å². The van der Waals surface area contributed by atoms with Crippen LogP contribution in [0.5, 0.6) is 0 Å². The summed E-state index contributed by atoms with van der Waals surface area (Å²) in [6, 6.07) is 3.53. The topological polar surface area (TPSA) is 106 Å². The normalized spacial score (nSPS) is 10.4. The molecule has 0 aliphatic heterocycles. The van der Waals surface area contributed by atoms with Crippen LogP contribution in [0.2, 0.25) is 0 Å². The fourth-order valence-electron chi connectivity index (χ4n) is 1.72. The first-order valence-electron chi connectivity index (χ1n) is 5.88. The van der Waals surface area contributed by atoms with Crippen molar-refractivity contribution in [2.45, 2.75) is 19.9 Å². The third-order valence-corrected chi connectivity index (χ3v) is 2.79. The number of pyridine rings is 1. The summed E-state index contributed by atoms with van der Waals surface area (Å²) in [7, 11) is 0. The molecule has 0 aliphatic rings. The molecule has 0 saturated heterocycles. The number of aromatic nitrogens is 3. The van der Waals surface area contributed by atoms with Gasteiger partial charge in [-0.25, -0.2) is 15.6 Å². The molecule has 2 aromatic rings. The second-order valence-corrected chi connectivity index (χ2v) is 4.09. The third kappa shape index (κ3) is 2.89. The van der Waals surface area contributed by atoms with Crippen molar-refractivity contribution in [1.29, 1.82) is 0 Å². The Morgan fingerprint density at radius 1 is 1.42 bits per heavy atom. The van der Waals surface area contributed by atoms with Crippen LogP contribution in [0.1, 0.15) is 18.1 Å². The van der Waals surface area contributed by atoms with Crippen LogP contribution < -0.4 is 22.5 Å². The lowest BCUT2D eigenvalue weighted by Crippen LogP contribution is -2.31. The van der Waals surface area contributed by atoms with Gasteiger partial charge in [0, 0.05) is 18.0 Å². The predicted octanol–water partition coefficient (Wildman–Crippen LogP) is -0.172. The van der Waals surface area contributed by atoms with Gasteiger partial charge in [0.2, 0.25) is 0 Å². The van der Waals surface area contributed by atoms with Crippen molar-refractivity contribution in [1.82, 2.24) is 14.5 Å². The van der Waals surface area contributed by atoms with E-state index in [0.717, 1.165) is 5.56 Å². The first kappa shape index (κ1) is 13.0. The Morgan fingerprint density at radius 3 is 2.79 bits per heavy atom. The van der Waals surface area contributed by atoms with Gasteiger partial charge in [-0.15, -0.1) is 0 Å². The molecule has 0 aliphatic carbocycles. The molecular weight excluding hydrogens is 246 g/mol. The highest BCUT2D eigenvalue weighted by Crippen LogP contribution is 2.04. The number of anilines is 1. The van der Waals surface area contributed by atoms with E-state index in [1.54, 1.807) is 18.5 Å². The van der Waals surface area contributed by atoms with Crippen molar-refractivity contribution in [2.75, 3.05) is 5.43 Å². The molecule has 0 fully saturated rings. The van der Waals surface area contributed by atoms with Gasteiger partial charge >= 0.3 is 5.69 Å². The molecule has 0 unspecified atom stereocenters. The molecule has 0 bridgehead atoms. The molecule has 0 amide bonds. The Morgan fingerprint density at radius 2 is 2.21 bits per heavy atom. The van der Waals surface area contributed by atoms with Gasteiger partial charge in [-0.1, -0.05) is 13.0 Å². The zero-order valence-corrected chi connectivity index (χ0v) is 10.5. The minimum atomic E-state index is -0.428. The Bertz CT molecular complexity index is 672. The zero-order chi connectivity index (χ0) is 13.8. The number of nitrogens with two attached hydrogens (primary N) is 1. The lowest BCUT2D eigenvalue weighted by Gasteiger charge is -2.07. The maximum atomic E-state index is 11.7. The Labute approximate surface area is 109 Å². The Hall–Kier alpha value is -2.41. The number of aromatic amines is 1. The molecule has 2 heterocycles. The van der Waals surface area contributed by atoms with Crippen molar-refractivity contribution < 1.29 is 0 Å². The molecule has 100 valence electrons. The number of aryl methyl sites for hydroxylation is 1. The zero-order valence-electron chi connectivity index (χ0n) is 10.5. The lowest BCUT2D eigenvalue weighted by atomic mass is 10.2. The summed E-state index contributed by atoms with van der Waals surface area (Å²) in [5.41, 5.74) is 3.09. The molecule has 2 aromatic heterocycles. The average molecular weight is 261 g/mol. The number of hydrogen-bond donors (Lipinski definition) is 3. The minimum Gasteiger partial charge on any atom is -0.308 e. The summed E-state index contributed by atoms with van der Waals surface area (Å²) in [6.07, 6.45) is 3.78. The van der Waals surface area contributed by atoms with E-state index in [-0.39, 0.29) is 5.56 Å². The van der Waals surface area contributed by atoms with Crippen LogP contribution in [0.3, 0.4) is 0 Å². The number of nitrogens with zero attached hydrogens (tertiary/aromatic N) is 2.